The van der Waals surface area contributed by atoms with Gasteiger partial charge in [0.25, 0.3) is 0 Å². The van der Waals surface area contributed by atoms with Gasteiger partial charge in [-0.2, -0.15) is 0 Å². The third kappa shape index (κ3) is 3.97. The van der Waals surface area contributed by atoms with E-state index in [2.05, 4.69) is 43.3 Å². The predicted molar refractivity (Wildman–Crippen MR) is 84.7 cm³/mol. The maximum atomic E-state index is 5.49. The molecule has 21 heavy (non-hydrogen) atoms. The smallest absolute Gasteiger partial charge is 0.119 e. The van der Waals surface area contributed by atoms with Gasteiger partial charge < -0.3 is 10.1 Å². The first-order valence-electron chi connectivity index (χ1n) is 7.29. The summed E-state index contributed by atoms with van der Waals surface area (Å²) in [5.41, 5.74) is 3.13. The Morgan fingerprint density at radius 2 is 2.05 bits per heavy atom. The second kappa shape index (κ2) is 6.16. The van der Waals surface area contributed by atoms with Gasteiger partial charge in [-0.1, -0.05) is 5.21 Å². The number of rotatable bonds is 5. The zero-order valence-corrected chi connectivity index (χ0v) is 13.5. The Kier molecular flexibility index (Phi) is 4.50. The molecule has 1 aromatic carbocycles. The fraction of sp³-hybridized carbons (Fsp3) is 0.500. The van der Waals surface area contributed by atoms with Crippen LogP contribution in [0.25, 0.3) is 0 Å². The van der Waals surface area contributed by atoms with E-state index in [1.165, 1.54) is 0 Å². The lowest BCUT2D eigenvalue weighted by Crippen LogP contribution is -2.22. The molecule has 2 aromatic rings. The third-order valence-electron chi connectivity index (χ3n) is 3.20. The van der Waals surface area contributed by atoms with Gasteiger partial charge in [-0.15, -0.1) is 5.10 Å². The fourth-order valence-electron chi connectivity index (χ4n) is 1.98. The average Bonchev–Trinajstić information content (AvgIpc) is 2.87. The van der Waals surface area contributed by atoms with Gasteiger partial charge in [0, 0.05) is 5.69 Å². The monoisotopic (exact) mass is 288 g/mol. The Labute approximate surface area is 126 Å². The summed E-state index contributed by atoms with van der Waals surface area (Å²) in [4.78, 5) is 0. The van der Waals surface area contributed by atoms with Crippen molar-refractivity contribution in [1.29, 1.82) is 0 Å². The van der Waals surface area contributed by atoms with Crippen molar-refractivity contribution in [3.05, 3.63) is 35.7 Å². The lowest BCUT2D eigenvalue weighted by Gasteiger charge is -2.17. The molecule has 0 amide bonds. The zero-order valence-electron chi connectivity index (χ0n) is 13.5. The number of hydrogen-bond acceptors (Lipinski definition) is 4. The van der Waals surface area contributed by atoms with Crippen molar-refractivity contribution in [2.45, 2.75) is 46.7 Å². The molecular weight excluding hydrogens is 264 g/mol. The third-order valence-corrected chi connectivity index (χ3v) is 3.20. The molecule has 1 N–H and O–H groups in total. The van der Waals surface area contributed by atoms with Crippen molar-refractivity contribution in [2.75, 3.05) is 11.9 Å². The minimum Gasteiger partial charge on any atom is -0.494 e. The molecule has 0 saturated heterocycles. The summed E-state index contributed by atoms with van der Waals surface area (Å²) < 4.78 is 7.38. The average molecular weight is 288 g/mol. The molecule has 1 heterocycles. The van der Waals surface area contributed by atoms with E-state index in [0.717, 1.165) is 22.7 Å². The molecule has 0 saturated carbocycles. The highest BCUT2D eigenvalue weighted by Crippen LogP contribution is 2.22. The summed E-state index contributed by atoms with van der Waals surface area (Å²) >= 11 is 0. The van der Waals surface area contributed by atoms with Gasteiger partial charge in [-0.25, -0.2) is 4.68 Å². The van der Waals surface area contributed by atoms with E-state index in [-0.39, 0.29) is 5.54 Å². The molecule has 0 aliphatic rings. The molecule has 0 aliphatic carbocycles. The van der Waals surface area contributed by atoms with Crippen molar-refractivity contribution < 1.29 is 4.74 Å². The maximum absolute atomic E-state index is 5.49. The quantitative estimate of drug-likeness (QED) is 0.916. The van der Waals surface area contributed by atoms with Gasteiger partial charge in [-0.05, 0) is 58.4 Å². The van der Waals surface area contributed by atoms with Crippen LogP contribution >= 0.6 is 0 Å². The molecule has 0 radical (unpaired) electrons. The normalized spacial score (nSPS) is 11.5. The first kappa shape index (κ1) is 15.4. The molecule has 5 nitrogen and oxygen atoms in total. The van der Waals surface area contributed by atoms with Gasteiger partial charge in [0.1, 0.15) is 11.4 Å². The number of nitrogens with zero attached hydrogens (tertiary/aromatic N) is 3. The molecule has 0 unspecified atom stereocenters. The predicted octanol–water partition coefficient (Wildman–Crippen LogP) is 3.35. The van der Waals surface area contributed by atoms with Crippen molar-refractivity contribution in [1.82, 2.24) is 15.0 Å². The van der Waals surface area contributed by atoms with Crippen LogP contribution in [0.5, 0.6) is 5.75 Å². The highest BCUT2D eigenvalue weighted by molar-refractivity contribution is 5.53. The molecule has 2 rings (SSSR count). The molecule has 114 valence electrons. The van der Waals surface area contributed by atoms with Gasteiger partial charge >= 0.3 is 0 Å². The molecule has 0 fully saturated rings. The molecule has 0 atom stereocenters. The second-order valence-electron chi connectivity index (χ2n) is 6.09. The second-order valence-corrected chi connectivity index (χ2v) is 6.09. The SMILES string of the molecule is CCOc1ccc(NCc2cn(C(C)(C)C)nn2)c(C)c1. The Bertz CT molecular complexity index is 599. The highest BCUT2D eigenvalue weighted by atomic mass is 16.5. The molecule has 0 aliphatic heterocycles. The Hall–Kier alpha value is -2.04. The first-order valence-corrected chi connectivity index (χ1v) is 7.29. The Morgan fingerprint density at radius 1 is 1.29 bits per heavy atom. The number of aromatic nitrogens is 3. The summed E-state index contributed by atoms with van der Waals surface area (Å²) in [7, 11) is 0. The maximum Gasteiger partial charge on any atom is 0.119 e. The van der Waals surface area contributed by atoms with Crippen LogP contribution in [0.15, 0.2) is 24.4 Å². The molecular formula is C16H24N4O. The summed E-state index contributed by atoms with van der Waals surface area (Å²) in [6, 6.07) is 6.05. The van der Waals surface area contributed by atoms with Crippen LogP contribution in [0.3, 0.4) is 0 Å². The summed E-state index contributed by atoms with van der Waals surface area (Å²) in [5.74, 6) is 0.902. The minimum atomic E-state index is -0.0414. The van der Waals surface area contributed by atoms with Crippen molar-refractivity contribution in [2.24, 2.45) is 0 Å². The number of aryl methyl sites for hydroxylation is 1. The molecule has 5 heteroatoms. The Morgan fingerprint density at radius 3 is 2.62 bits per heavy atom. The van der Waals surface area contributed by atoms with E-state index in [4.69, 9.17) is 4.74 Å². The zero-order chi connectivity index (χ0) is 15.5. The van der Waals surface area contributed by atoms with Crippen LogP contribution in [-0.2, 0) is 12.1 Å². The first-order chi connectivity index (χ1) is 9.90. The number of anilines is 1. The van der Waals surface area contributed by atoms with Crippen molar-refractivity contribution in [3.8, 4) is 5.75 Å². The molecule has 1 aromatic heterocycles. The largest absolute Gasteiger partial charge is 0.494 e. The Balaban J connectivity index is 2.01. The van der Waals surface area contributed by atoms with E-state index in [9.17, 15) is 0 Å². The van der Waals surface area contributed by atoms with Gasteiger partial charge in [-0.3, -0.25) is 0 Å². The summed E-state index contributed by atoms with van der Waals surface area (Å²) in [5, 5.41) is 11.8. The van der Waals surface area contributed by atoms with Crippen molar-refractivity contribution in [3.63, 3.8) is 0 Å². The topological polar surface area (TPSA) is 52.0 Å². The van der Waals surface area contributed by atoms with E-state index < -0.39 is 0 Å². The van der Waals surface area contributed by atoms with Gasteiger partial charge in [0.2, 0.25) is 0 Å². The van der Waals surface area contributed by atoms with Crippen molar-refractivity contribution >= 4 is 5.69 Å². The van der Waals surface area contributed by atoms with Crippen LogP contribution in [-0.4, -0.2) is 21.6 Å². The molecule has 0 bridgehead atoms. The van der Waals surface area contributed by atoms with Crippen LogP contribution in [0.2, 0.25) is 0 Å². The van der Waals surface area contributed by atoms with E-state index in [1.807, 2.05) is 36.0 Å². The summed E-state index contributed by atoms with van der Waals surface area (Å²) in [6.45, 7) is 11.7. The molecule has 0 spiro atoms. The minimum absolute atomic E-state index is 0.0414. The van der Waals surface area contributed by atoms with Crippen LogP contribution in [0.4, 0.5) is 5.69 Å². The van der Waals surface area contributed by atoms with Gasteiger partial charge in [0.15, 0.2) is 0 Å². The van der Waals surface area contributed by atoms with Crippen LogP contribution < -0.4 is 10.1 Å². The van der Waals surface area contributed by atoms with Crippen LogP contribution in [0.1, 0.15) is 39.0 Å². The van der Waals surface area contributed by atoms with Gasteiger partial charge in [0.05, 0.1) is 24.9 Å². The number of ether oxygens (including phenoxy) is 1. The number of hydrogen-bond donors (Lipinski definition) is 1. The number of nitrogens with one attached hydrogen (secondary N) is 1. The summed E-state index contributed by atoms with van der Waals surface area (Å²) in [6.07, 6.45) is 1.98. The van der Waals surface area contributed by atoms with E-state index in [1.54, 1.807) is 0 Å². The van der Waals surface area contributed by atoms with Crippen LogP contribution in [0, 0.1) is 6.92 Å². The van der Waals surface area contributed by atoms with E-state index >= 15 is 0 Å². The van der Waals surface area contributed by atoms with E-state index in [0.29, 0.717) is 13.2 Å². The number of benzene rings is 1. The fourth-order valence-corrected chi connectivity index (χ4v) is 1.98. The lowest BCUT2D eigenvalue weighted by atomic mass is 10.1. The standard InChI is InChI=1S/C16H24N4O/c1-6-21-14-7-8-15(12(2)9-14)17-10-13-11-20(19-18-13)16(3,4)5/h7-9,11,17H,6,10H2,1-5H3. The lowest BCUT2D eigenvalue weighted by molar-refractivity contribution is 0.340. The highest BCUT2D eigenvalue weighted by Gasteiger charge is 2.14.